The van der Waals surface area contributed by atoms with E-state index in [9.17, 15) is 0 Å². The van der Waals surface area contributed by atoms with E-state index in [0.29, 0.717) is 0 Å². The van der Waals surface area contributed by atoms with Crippen LogP contribution in [0.15, 0.2) is 0 Å². The van der Waals surface area contributed by atoms with E-state index in [-0.39, 0.29) is 35.9 Å². The SMILES string of the molecule is [LiH].[O]1[O][V]1. The molecule has 19 valence electrons. The van der Waals surface area contributed by atoms with Gasteiger partial charge in [-0.25, -0.2) is 0 Å². The molecular weight excluding hydrogens is 89.9 g/mol. The van der Waals surface area contributed by atoms with E-state index >= 15 is 0 Å². The maximum absolute atomic E-state index is 4.09. The van der Waals surface area contributed by atoms with Gasteiger partial charge in [-0.1, -0.05) is 0 Å². The average Bonchev–Trinajstić information content (AvgIpc) is 1.46. The summed E-state index contributed by atoms with van der Waals surface area (Å²) in [6, 6.07) is 0. The van der Waals surface area contributed by atoms with Gasteiger partial charge in [0.2, 0.25) is 0 Å². The summed E-state index contributed by atoms with van der Waals surface area (Å²) in [7, 11) is 0. The molecule has 0 unspecified atom stereocenters. The summed E-state index contributed by atoms with van der Waals surface area (Å²) in [5.74, 6) is 0. The molecule has 0 aromatic carbocycles. The molecule has 4 heavy (non-hydrogen) atoms. The van der Waals surface area contributed by atoms with Crippen molar-refractivity contribution in [1.29, 1.82) is 0 Å². The minimum absolute atomic E-state index is 0. The van der Waals surface area contributed by atoms with Crippen molar-refractivity contribution in [1.82, 2.24) is 0 Å². The molecule has 0 bridgehead atoms. The van der Waals surface area contributed by atoms with E-state index in [0.717, 1.165) is 0 Å². The van der Waals surface area contributed by atoms with Crippen LogP contribution in [0.2, 0.25) is 0 Å². The summed E-state index contributed by atoms with van der Waals surface area (Å²) >= 11 is -0.0625. The molecule has 1 heterocycles. The van der Waals surface area contributed by atoms with Gasteiger partial charge in [0.1, 0.15) is 0 Å². The summed E-state index contributed by atoms with van der Waals surface area (Å²) in [5.41, 5.74) is 0. The molecule has 1 rings (SSSR count). The minimum atomic E-state index is -0.0625. The Balaban J connectivity index is 0.0000000900. The van der Waals surface area contributed by atoms with Gasteiger partial charge < -0.3 is 0 Å². The van der Waals surface area contributed by atoms with E-state index in [2.05, 4.69) is 7.63 Å². The first-order valence-electron chi connectivity index (χ1n) is 0.532. The topological polar surface area (TPSA) is 25.1 Å². The van der Waals surface area contributed by atoms with Crippen molar-refractivity contribution < 1.29 is 24.6 Å². The molecule has 1 fully saturated rings. The van der Waals surface area contributed by atoms with Gasteiger partial charge in [0.15, 0.2) is 0 Å². The standard InChI is InChI=1S/Li.O2.V.H/c;1-2;;/q;-2;+2;. The fraction of sp³-hybridized carbons (Fsp3) is 0. The van der Waals surface area contributed by atoms with Crippen LogP contribution in [0.1, 0.15) is 0 Å². The summed E-state index contributed by atoms with van der Waals surface area (Å²) in [6.45, 7) is 0. The zero-order valence-corrected chi connectivity index (χ0v) is 2.66. The van der Waals surface area contributed by atoms with Crippen LogP contribution in [-0.2, 0) is 24.6 Å². The molecule has 0 spiro atoms. The van der Waals surface area contributed by atoms with Gasteiger partial charge in [0.25, 0.3) is 0 Å². The molecule has 0 radical (unpaired) electrons. The van der Waals surface area contributed by atoms with E-state index in [1.165, 1.54) is 0 Å². The predicted octanol–water partition coefficient (Wildman–Crippen LogP) is -0.788. The van der Waals surface area contributed by atoms with Gasteiger partial charge >= 0.3 is 43.5 Å². The van der Waals surface area contributed by atoms with E-state index < -0.39 is 0 Å². The Bertz CT molecular complexity index is 10.8. The van der Waals surface area contributed by atoms with Crippen molar-refractivity contribution in [2.24, 2.45) is 0 Å². The van der Waals surface area contributed by atoms with E-state index in [1.54, 1.807) is 0 Å². The van der Waals surface area contributed by atoms with Crippen LogP contribution >= 0.6 is 0 Å². The molecule has 0 N–H and O–H groups in total. The fourth-order valence-electron chi connectivity index (χ4n) is 0. The van der Waals surface area contributed by atoms with Gasteiger partial charge in [-0.3, -0.25) is 0 Å². The first-order chi connectivity index (χ1) is 1.50. The molecular formula is HLiO2V. The second-order valence-corrected chi connectivity index (χ2v) is 0.922. The molecule has 0 saturated carbocycles. The zero-order chi connectivity index (χ0) is 2.12. The van der Waals surface area contributed by atoms with Crippen LogP contribution in [0.3, 0.4) is 0 Å². The molecule has 1 aliphatic rings. The first-order valence-corrected chi connectivity index (χ1v) is 1.67. The third kappa shape index (κ3) is 3.10. The van der Waals surface area contributed by atoms with Crippen LogP contribution < -0.4 is 0 Å². The second kappa shape index (κ2) is 2.35. The summed E-state index contributed by atoms with van der Waals surface area (Å²) in [4.78, 5) is 0. The molecule has 0 aliphatic carbocycles. The third-order valence-electron chi connectivity index (χ3n) is 0.0745. The number of rotatable bonds is 0. The van der Waals surface area contributed by atoms with Gasteiger partial charge in [0.05, 0.1) is 0 Å². The monoisotopic (exact) mass is 91.0 g/mol. The third-order valence-corrected chi connectivity index (χ3v) is 0.307. The van der Waals surface area contributed by atoms with E-state index in [4.69, 9.17) is 0 Å². The molecule has 2 nitrogen and oxygen atoms in total. The number of hydrogen-bond acceptors (Lipinski definition) is 2. The van der Waals surface area contributed by atoms with Gasteiger partial charge in [-0.2, -0.15) is 0 Å². The molecule has 0 aromatic rings. The summed E-state index contributed by atoms with van der Waals surface area (Å²) < 4.78 is 8.19. The van der Waals surface area contributed by atoms with Crippen LogP contribution in [0.5, 0.6) is 0 Å². The normalized spacial score (nSPS) is 16.0. The van der Waals surface area contributed by atoms with Crippen LogP contribution in [0.25, 0.3) is 0 Å². The van der Waals surface area contributed by atoms with Crippen molar-refractivity contribution in [3.63, 3.8) is 0 Å². The van der Waals surface area contributed by atoms with Gasteiger partial charge in [-0.15, -0.1) is 0 Å². The first kappa shape index (κ1) is 5.10. The summed E-state index contributed by atoms with van der Waals surface area (Å²) in [5, 5.41) is 0. The van der Waals surface area contributed by atoms with Crippen molar-refractivity contribution in [2.45, 2.75) is 0 Å². The Hall–Kier alpha value is 1.10. The molecule has 0 aromatic heterocycles. The van der Waals surface area contributed by atoms with Gasteiger partial charge in [0, 0.05) is 0 Å². The van der Waals surface area contributed by atoms with Crippen molar-refractivity contribution in [2.75, 3.05) is 0 Å². The van der Waals surface area contributed by atoms with Crippen LogP contribution in [0.4, 0.5) is 0 Å². The Kier molecular flexibility index (Phi) is 2.99. The predicted molar refractivity (Wildman–Crippen MR) is 9.32 cm³/mol. The maximum atomic E-state index is 4.09. The Morgan fingerprint density at radius 3 is 1.50 bits per heavy atom. The van der Waals surface area contributed by atoms with Crippen LogP contribution in [0, 0.1) is 0 Å². The fourth-order valence-corrected chi connectivity index (χ4v) is 0. The molecule has 0 atom stereocenters. The zero-order valence-electron chi connectivity index (χ0n) is 1.26. The number of hydrogen-bond donors (Lipinski definition) is 0. The Labute approximate surface area is 43.7 Å². The molecule has 1 saturated heterocycles. The average molecular weight is 90.9 g/mol. The Morgan fingerprint density at radius 1 is 1.25 bits per heavy atom. The molecule has 1 aliphatic heterocycles. The quantitative estimate of drug-likeness (QED) is 0.222. The summed E-state index contributed by atoms with van der Waals surface area (Å²) in [6.07, 6.45) is 0. The van der Waals surface area contributed by atoms with Crippen molar-refractivity contribution in [3.05, 3.63) is 0 Å². The van der Waals surface area contributed by atoms with Crippen LogP contribution in [-0.4, -0.2) is 18.9 Å². The molecule has 0 amide bonds. The van der Waals surface area contributed by atoms with Gasteiger partial charge in [-0.05, 0) is 0 Å². The van der Waals surface area contributed by atoms with E-state index in [1.807, 2.05) is 0 Å². The molecule has 4 heteroatoms. The second-order valence-electron chi connectivity index (χ2n) is 0.224. The van der Waals surface area contributed by atoms with Crippen molar-refractivity contribution in [3.8, 4) is 0 Å². The Morgan fingerprint density at radius 2 is 1.50 bits per heavy atom. The van der Waals surface area contributed by atoms with Crippen molar-refractivity contribution >= 4 is 18.9 Å².